The van der Waals surface area contributed by atoms with E-state index < -0.39 is 53.1 Å². The fourth-order valence-electron chi connectivity index (χ4n) is 8.78. The number of rotatable bonds is 14. The van der Waals surface area contributed by atoms with Gasteiger partial charge in [0.2, 0.25) is 11.8 Å². The third kappa shape index (κ3) is 8.19. The first-order valence-electron chi connectivity index (χ1n) is 20.8. The molecule has 0 saturated carbocycles. The average Bonchev–Trinajstić information content (AvgIpc) is 3.61. The highest BCUT2D eigenvalue weighted by atomic mass is 19.1. The molecule has 4 aromatic rings. The van der Waals surface area contributed by atoms with Crippen molar-refractivity contribution in [1.29, 1.82) is 0 Å². The first kappa shape index (κ1) is 43.7. The van der Waals surface area contributed by atoms with Crippen LogP contribution >= 0.6 is 0 Å². The van der Waals surface area contributed by atoms with Gasteiger partial charge in [0.05, 0.1) is 47.5 Å². The van der Waals surface area contributed by atoms with E-state index in [4.69, 9.17) is 20.2 Å². The number of fused-ring (bicyclic) bond motifs is 5. The molecule has 4 heterocycles. The van der Waals surface area contributed by atoms with Gasteiger partial charge < -0.3 is 51.9 Å². The van der Waals surface area contributed by atoms with Gasteiger partial charge in [-0.05, 0) is 85.4 Å². The van der Waals surface area contributed by atoms with Crippen LogP contribution in [0.1, 0.15) is 91.4 Å². The van der Waals surface area contributed by atoms with Crippen LogP contribution < -0.4 is 38.3 Å². The summed E-state index contributed by atoms with van der Waals surface area (Å²) in [5.41, 5.74) is 11.6. The summed E-state index contributed by atoms with van der Waals surface area (Å²) in [5, 5.41) is 23.2. The molecule has 4 atom stereocenters. The lowest BCUT2D eigenvalue weighted by Crippen LogP contribution is -2.59. The highest BCUT2D eigenvalue weighted by Gasteiger charge is 2.46. The number of aromatic nitrogens is 2. The van der Waals surface area contributed by atoms with Crippen molar-refractivity contribution in [1.82, 2.24) is 25.5 Å². The lowest BCUT2D eigenvalue weighted by atomic mass is 9.81. The normalized spacial score (nSPS) is 18.2. The number of carbonyl (C=O) groups excluding carboxylic acids is 5. The highest BCUT2D eigenvalue weighted by Crippen LogP contribution is 2.46. The second-order valence-corrected chi connectivity index (χ2v) is 16.4. The zero-order chi connectivity index (χ0) is 44.6. The van der Waals surface area contributed by atoms with E-state index in [1.807, 2.05) is 13.8 Å². The molecule has 2 aromatic carbocycles. The van der Waals surface area contributed by atoms with Crippen molar-refractivity contribution in [3.8, 4) is 11.4 Å². The minimum atomic E-state index is -2.02. The number of alkyl carbamates (subject to hydrolysis) is 1. The predicted octanol–water partition coefficient (Wildman–Crippen LogP) is 2.83. The van der Waals surface area contributed by atoms with Crippen LogP contribution in [0.4, 0.5) is 19.7 Å². The van der Waals surface area contributed by atoms with E-state index in [0.717, 1.165) is 5.56 Å². The van der Waals surface area contributed by atoms with Crippen LogP contribution in [-0.4, -0.2) is 63.7 Å². The van der Waals surface area contributed by atoms with Gasteiger partial charge in [-0.1, -0.05) is 32.9 Å². The summed E-state index contributed by atoms with van der Waals surface area (Å²) >= 11 is 0. The Balaban J connectivity index is 1.07. The van der Waals surface area contributed by atoms with E-state index in [-0.39, 0.29) is 68.0 Å². The standard InChI is InChI=1S/C44H51FN8O9/c1-5-44(60)29-15-34-37-27(18-53(34)40(56)28(29)20-61-41(44)57)36-31(13-12-25-22(4)30(45)16-33(50-37)35(25)36)52-43(59)62-19-23-8-10-24(11-9-23)49-39(55)32(7-6-14-48-42(47)58)51-38(54)26(17-46)21(2)3/h8-11,15-16,21,26,31-32,60H,5-7,12-14,17-20,46H2,1-4H3,(H,49,55)(H,51,54)(H,52,59)(H3,47,48,58)/p+1. The van der Waals surface area contributed by atoms with Gasteiger partial charge in [0, 0.05) is 34.8 Å². The van der Waals surface area contributed by atoms with Gasteiger partial charge in [-0.3, -0.25) is 14.4 Å². The number of halogens is 1. The number of quaternary nitrogens is 1. The molecule has 10 N–H and O–H groups in total. The Hall–Kier alpha value is -6.40. The van der Waals surface area contributed by atoms with Crippen LogP contribution in [-0.2, 0) is 55.6 Å². The minimum absolute atomic E-state index is 0.0123. The number of aliphatic hydroxyl groups is 1. The number of anilines is 1. The van der Waals surface area contributed by atoms with Crippen molar-refractivity contribution in [2.75, 3.05) is 18.4 Å². The molecule has 0 saturated heterocycles. The Morgan fingerprint density at radius 2 is 1.85 bits per heavy atom. The summed E-state index contributed by atoms with van der Waals surface area (Å²) in [4.78, 5) is 82.5. The van der Waals surface area contributed by atoms with Gasteiger partial charge in [0.25, 0.3) is 5.56 Å². The van der Waals surface area contributed by atoms with Gasteiger partial charge in [-0.2, -0.15) is 0 Å². The zero-order valence-corrected chi connectivity index (χ0v) is 35.1. The van der Waals surface area contributed by atoms with Crippen molar-refractivity contribution in [3.05, 3.63) is 91.5 Å². The summed E-state index contributed by atoms with van der Waals surface area (Å²) in [6.07, 6.45) is 0.736. The number of cyclic esters (lactones) is 1. The van der Waals surface area contributed by atoms with Crippen molar-refractivity contribution in [2.45, 2.75) is 97.2 Å². The second kappa shape index (κ2) is 17.5. The van der Waals surface area contributed by atoms with Crippen molar-refractivity contribution in [2.24, 2.45) is 17.6 Å². The van der Waals surface area contributed by atoms with Crippen LogP contribution in [0.5, 0.6) is 0 Å². The number of pyridine rings is 2. The molecule has 3 aliphatic rings. The number of hydrogen-bond acceptors (Lipinski definition) is 10. The molecule has 2 aromatic heterocycles. The van der Waals surface area contributed by atoms with Crippen LogP contribution in [0.15, 0.2) is 41.2 Å². The molecule has 4 unspecified atom stereocenters. The van der Waals surface area contributed by atoms with E-state index in [1.54, 1.807) is 44.2 Å². The quantitative estimate of drug-likeness (QED) is 0.0635. The number of hydrogen-bond donors (Lipinski definition) is 7. The van der Waals surface area contributed by atoms with Gasteiger partial charge in [-0.25, -0.2) is 23.8 Å². The van der Waals surface area contributed by atoms with Crippen LogP contribution in [0.2, 0.25) is 0 Å². The van der Waals surface area contributed by atoms with Gasteiger partial charge >= 0.3 is 18.1 Å². The van der Waals surface area contributed by atoms with Crippen LogP contribution in [0.25, 0.3) is 22.3 Å². The van der Waals surface area contributed by atoms with E-state index in [0.29, 0.717) is 76.0 Å². The monoisotopic (exact) mass is 855 g/mol. The van der Waals surface area contributed by atoms with Gasteiger partial charge in [0.15, 0.2) is 5.60 Å². The van der Waals surface area contributed by atoms with E-state index in [1.165, 1.54) is 10.6 Å². The molecule has 0 spiro atoms. The van der Waals surface area contributed by atoms with Gasteiger partial charge in [-0.15, -0.1) is 0 Å². The Morgan fingerprint density at radius 1 is 1.11 bits per heavy atom. The molecule has 18 heteroatoms. The maximum Gasteiger partial charge on any atom is 0.407 e. The number of benzene rings is 2. The number of carbonyl (C=O) groups is 5. The Labute approximate surface area is 356 Å². The zero-order valence-electron chi connectivity index (χ0n) is 35.1. The Kier molecular flexibility index (Phi) is 12.3. The lowest BCUT2D eigenvalue weighted by molar-refractivity contribution is -0.378. The third-order valence-electron chi connectivity index (χ3n) is 12.3. The molecule has 0 fully saturated rings. The topological polar surface area (TPSA) is 261 Å². The maximum absolute atomic E-state index is 15.3. The van der Waals surface area contributed by atoms with Crippen LogP contribution in [0.3, 0.4) is 0 Å². The number of nitrogens with zero attached hydrogens (tertiary/aromatic N) is 2. The fraction of sp³-hybridized carbons (Fsp3) is 0.432. The summed E-state index contributed by atoms with van der Waals surface area (Å²) in [6.45, 7) is 7.42. The predicted molar refractivity (Wildman–Crippen MR) is 224 cm³/mol. The third-order valence-corrected chi connectivity index (χ3v) is 12.3. The van der Waals surface area contributed by atoms with Crippen molar-refractivity contribution < 1.29 is 48.7 Å². The lowest BCUT2D eigenvalue weighted by Gasteiger charge is -2.31. The molecule has 7 rings (SSSR count). The Morgan fingerprint density at radius 3 is 2.53 bits per heavy atom. The van der Waals surface area contributed by atoms with Crippen LogP contribution in [0, 0.1) is 24.6 Å². The van der Waals surface area contributed by atoms with Crippen molar-refractivity contribution in [3.63, 3.8) is 0 Å². The molecular weight excluding hydrogens is 804 g/mol. The molecular formula is C44H52FN8O9+. The average molecular weight is 856 g/mol. The number of aryl methyl sites for hydroxylation is 1. The van der Waals surface area contributed by atoms with Gasteiger partial charge in [0.1, 0.15) is 25.1 Å². The first-order valence-corrected chi connectivity index (χ1v) is 20.8. The molecule has 328 valence electrons. The highest BCUT2D eigenvalue weighted by molar-refractivity contribution is 5.97. The number of nitrogens with two attached hydrogens (primary N) is 1. The first-order chi connectivity index (χ1) is 29.6. The molecule has 1 aliphatic carbocycles. The van der Waals surface area contributed by atoms with E-state index in [2.05, 4.69) is 27.0 Å². The maximum atomic E-state index is 15.3. The molecule has 5 amide bonds. The summed E-state index contributed by atoms with van der Waals surface area (Å²) in [5.74, 6) is -2.39. The number of esters is 1. The molecule has 0 bridgehead atoms. The smallest absolute Gasteiger partial charge is 0.407 e. The number of amides is 5. The molecule has 2 aliphatic heterocycles. The second-order valence-electron chi connectivity index (χ2n) is 16.4. The Bertz CT molecular complexity index is 2540. The van der Waals surface area contributed by atoms with Crippen molar-refractivity contribution >= 4 is 46.5 Å². The molecule has 0 radical (unpaired) electrons. The summed E-state index contributed by atoms with van der Waals surface area (Å²) in [6, 6.07) is 7.42. The number of primary amides is 1. The summed E-state index contributed by atoms with van der Waals surface area (Å²) < 4.78 is 27.7. The summed E-state index contributed by atoms with van der Waals surface area (Å²) in [7, 11) is 0. The number of nitrogens with one attached hydrogen (secondary N) is 4. The van der Waals surface area contributed by atoms with E-state index >= 15 is 4.39 Å². The molecule has 17 nitrogen and oxygen atoms in total. The number of ether oxygens (including phenoxy) is 2. The SMILES string of the molecule is CCC1(O)C(=O)OCc2c1cc1n(c2=O)Cc2c-1nc1cc(F)c(C)c3c1c2C(NC(=O)OCc1ccc(NC(=O)C(CCCNC(N)=O)NC(=O)C(C[NH3+])C(C)C)cc1)CC3. The van der Waals surface area contributed by atoms with E-state index in [9.17, 15) is 33.9 Å². The molecule has 62 heavy (non-hydrogen) atoms. The fourth-order valence-corrected chi connectivity index (χ4v) is 8.78. The minimum Gasteiger partial charge on any atom is -0.458 e. The largest absolute Gasteiger partial charge is 0.458 e. The number of urea groups is 1.